The molecule has 1 aliphatic heterocycles. The molecular weight excluding hydrogens is 513 g/mol. The van der Waals surface area contributed by atoms with Gasteiger partial charge in [-0.1, -0.05) is 32.4 Å². The molecule has 9 heteroatoms. The zero-order chi connectivity index (χ0) is 25.8. The van der Waals surface area contributed by atoms with Crippen LogP contribution in [0.3, 0.4) is 0 Å². The molecule has 0 saturated carbocycles. The number of piperidine rings is 1. The Morgan fingerprint density at radius 3 is 2.38 bits per heavy atom. The molecule has 1 aromatic rings. The van der Waals surface area contributed by atoms with E-state index in [-0.39, 0.29) is 42.7 Å². The molecule has 1 amide bonds. The van der Waals surface area contributed by atoms with Gasteiger partial charge in [0.1, 0.15) is 5.75 Å². The van der Waals surface area contributed by atoms with Gasteiger partial charge >= 0.3 is 0 Å². The number of hydrogen-bond donors (Lipinski definition) is 3. The van der Waals surface area contributed by atoms with Crippen molar-refractivity contribution in [2.45, 2.75) is 90.4 Å². The Hall–Kier alpha value is -1.09. The zero-order valence-electron chi connectivity index (χ0n) is 23.4. The van der Waals surface area contributed by atoms with Crippen LogP contribution in [0, 0.1) is 11.8 Å². The second-order valence-corrected chi connectivity index (χ2v) is 10.6. The molecule has 2 rings (SSSR count). The minimum atomic E-state index is -0.581. The summed E-state index contributed by atoms with van der Waals surface area (Å²) in [5.41, 5.74) is 7.02. The van der Waals surface area contributed by atoms with Gasteiger partial charge in [0.05, 0.1) is 18.3 Å². The summed E-state index contributed by atoms with van der Waals surface area (Å²) in [5, 5.41) is 14.0. The number of para-hydroxylation sites is 1. The van der Waals surface area contributed by atoms with Gasteiger partial charge in [0.2, 0.25) is 0 Å². The minimum Gasteiger partial charge on any atom is -0.493 e. The normalized spacial score (nSPS) is 20.3. The Labute approximate surface area is 237 Å². The van der Waals surface area contributed by atoms with E-state index in [1.54, 1.807) is 13.2 Å². The molecule has 0 spiro atoms. The van der Waals surface area contributed by atoms with Crippen LogP contribution in [0.5, 0.6) is 5.75 Å². The number of unbranched alkanes of at least 4 members (excludes halogenated alkanes) is 1. The summed E-state index contributed by atoms with van der Waals surface area (Å²) in [5.74, 6) is 0.948. The van der Waals surface area contributed by atoms with E-state index in [0.717, 1.165) is 12.8 Å². The van der Waals surface area contributed by atoms with Gasteiger partial charge in [0.15, 0.2) is 0 Å². The number of nitrogens with zero attached hydrogens (tertiary/aromatic N) is 1. The van der Waals surface area contributed by atoms with Crippen LogP contribution in [0.2, 0.25) is 0 Å². The minimum absolute atomic E-state index is 0. The fourth-order valence-electron chi connectivity index (χ4n) is 4.91. The van der Waals surface area contributed by atoms with Gasteiger partial charge in [-0.3, -0.25) is 9.69 Å². The topological polar surface area (TPSA) is 97.0 Å². The molecule has 216 valence electrons. The Morgan fingerprint density at radius 1 is 1.14 bits per heavy atom. The summed E-state index contributed by atoms with van der Waals surface area (Å²) in [7, 11) is 1.69. The number of aliphatic hydroxyl groups excluding tert-OH is 1. The fourth-order valence-corrected chi connectivity index (χ4v) is 4.91. The first-order valence-corrected chi connectivity index (χ1v) is 13.4. The number of aliphatic hydroxyl groups is 1. The summed E-state index contributed by atoms with van der Waals surface area (Å²) in [6.07, 6.45) is 5.46. The quantitative estimate of drug-likeness (QED) is 0.268. The SMILES string of the molecule is COCCCCOc1ccccc1C(=O)NC[C@@H](C[C@H](N)[C@@H](O)CN1[C@H](C)CCC[C@@H]1C)C(C)C.Cl.Cl. The molecule has 5 atom stereocenters. The summed E-state index contributed by atoms with van der Waals surface area (Å²) in [6, 6.07) is 7.97. The first-order valence-electron chi connectivity index (χ1n) is 13.4. The van der Waals surface area contributed by atoms with Crippen LogP contribution < -0.4 is 15.8 Å². The number of hydrogen-bond acceptors (Lipinski definition) is 6. The van der Waals surface area contributed by atoms with Crippen LogP contribution in [0.4, 0.5) is 0 Å². The smallest absolute Gasteiger partial charge is 0.255 e. The first-order chi connectivity index (χ1) is 16.7. The van der Waals surface area contributed by atoms with Crippen molar-refractivity contribution < 1.29 is 19.4 Å². The van der Waals surface area contributed by atoms with Crippen LogP contribution in [-0.4, -0.2) is 73.6 Å². The summed E-state index contributed by atoms with van der Waals surface area (Å²) < 4.78 is 10.9. The molecule has 0 aliphatic carbocycles. The highest BCUT2D eigenvalue weighted by Gasteiger charge is 2.30. The van der Waals surface area contributed by atoms with Gasteiger partial charge in [-0.2, -0.15) is 0 Å². The Balaban J connectivity index is 0.00000648. The van der Waals surface area contributed by atoms with E-state index in [2.05, 4.69) is 37.9 Å². The molecule has 37 heavy (non-hydrogen) atoms. The van der Waals surface area contributed by atoms with Crippen LogP contribution in [-0.2, 0) is 4.74 Å². The third kappa shape index (κ3) is 12.1. The monoisotopic (exact) mass is 563 g/mol. The van der Waals surface area contributed by atoms with Crippen LogP contribution in [0.1, 0.15) is 76.6 Å². The maximum Gasteiger partial charge on any atom is 0.255 e. The third-order valence-corrected chi connectivity index (χ3v) is 7.44. The zero-order valence-corrected chi connectivity index (χ0v) is 25.0. The van der Waals surface area contributed by atoms with Crippen molar-refractivity contribution in [3.05, 3.63) is 29.8 Å². The standard InChI is InChI=1S/C28H49N3O4.2ClH/c1-20(2)23(17-25(29)26(32)19-31-21(3)11-10-12-22(31)4)18-30-28(33)24-13-6-7-14-27(24)35-16-9-8-15-34-5;;/h6-7,13-14,20-23,25-26,32H,8-12,15-19,29H2,1-5H3,(H,30,33);2*1H/t21-,22+,23-,25+,26+;;/m1../s1. The van der Waals surface area contributed by atoms with Crippen LogP contribution in [0.15, 0.2) is 24.3 Å². The largest absolute Gasteiger partial charge is 0.493 e. The number of carbonyl (C=O) groups is 1. The number of ether oxygens (including phenoxy) is 2. The molecule has 1 heterocycles. The molecule has 1 fully saturated rings. The summed E-state index contributed by atoms with van der Waals surface area (Å²) in [6.45, 7) is 11.1. The van der Waals surface area contributed by atoms with E-state index >= 15 is 0 Å². The lowest BCUT2D eigenvalue weighted by atomic mass is 9.87. The molecule has 4 N–H and O–H groups in total. The van der Waals surface area contributed by atoms with Crippen molar-refractivity contribution in [1.82, 2.24) is 10.2 Å². The van der Waals surface area contributed by atoms with Crippen LogP contribution >= 0.6 is 24.8 Å². The predicted octanol–water partition coefficient (Wildman–Crippen LogP) is 4.68. The van der Waals surface area contributed by atoms with E-state index in [1.807, 2.05) is 18.2 Å². The number of rotatable bonds is 15. The molecule has 0 aromatic heterocycles. The summed E-state index contributed by atoms with van der Waals surface area (Å²) >= 11 is 0. The highest BCUT2D eigenvalue weighted by molar-refractivity contribution is 5.96. The Bertz CT molecular complexity index is 746. The van der Waals surface area contributed by atoms with E-state index in [9.17, 15) is 9.90 Å². The number of nitrogens with one attached hydrogen (secondary N) is 1. The number of halogens is 2. The second-order valence-electron chi connectivity index (χ2n) is 10.6. The van der Waals surface area contributed by atoms with Gasteiger partial charge in [-0.15, -0.1) is 24.8 Å². The third-order valence-electron chi connectivity index (χ3n) is 7.44. The molecule has 1 aromatic carbocycles. The number of benzene rings is 1. The molecule has 7 nitrogen and oxygen atoms in total. The average molecular weight is 565 g/mol. The molecule has 1 aliphatic rings. The highest BCUT2D eigenvalue weighted by Crippen LogP contribution is 2.24. The van der Waals surface area contributed by atoms with Gasteiger partial charge < -0.3 is 25.6 Å². The van der Waals surface area contributed by atoms with Crippen molar-refractivity contribution in [1.29, 1.82) is 0 Å². The lowest BCUT2D eigenvalue weighted by molar-refractivity contribution is 0.0261. The fraction of sp³-hybridized carbons (Fsp3) is 0.750. The number of likely N-dealkylation sites (tertiary alicyclic amines) is 1. The molecule has 1 saturated heterocycles. The highest BCUT2D eigenvalue weighted by atomic mass is 35.5. The number of β-amino-alcohol motifs (C(OH)–C–C–N with tert-alkyl or cyclic N) is 1. The second kappa shape index (κ2) is 19.0. The van der Waals surface area contributed by atoms with Crippen molar-refractivity contribution in [2.24, 2.45) is 17.6 Å². The maximum atomic E-state index is 13.0. The van der Waals surface area contributed by atoms with Gasteiger partial charge in [-0.25, -0.2) is 0 Å². The Morgan fingerprint density at radius 2 is 1.76 bits per heavy atom. The number of methoxy groups -OCH3 is 1. The van der Waals surface area contributed by atoms with E-state index in [1.165, 1.54) is 19.3 Å². The Kier molecular flexibility index (Phi) is 18.5. The molecular formula is C28H51Cl2N3O4. The van der Waals surface area contributed by atoms with Crippen molar-refractivity contribution in [2.75, 3.05) is 33.4 Å². The van der Waals surface area contributed by atoms with Gasteiger partial charge in [0, 0.05) is 44.9 Å². The summed E-state index contributed by atoms with van der Waals surface area (Å²) in [4.78, 5) is 15.4. The van der Waals surface area contributed by atoms with Gasteiger partial charge in [-0.05, 0) is 69.9 Å². The van der Waals surface area contributed by atoms with Crippen LogP contribution in [0.25, 0.3) is 0 Å². The first kappa shape index (κ1) is 35.9. The molecule has 0 unspecified atom stereocenters. The van der Waals surface area contributed by atoms with Crippen molar-refractivity contribution >= 4 is 30.7 Å². The molecule has 0 radical (unpaired) electrons. The lowest BCUT2D eigenvalue weighted by Crippen LogP contribution is -2.52. The predicted molar refractivity (Wildman–Crippen MR) is 156 cm³/mol. The van der Waals surface area contributed by atoms with E-state index in [4.69, 9.17) is 15.2 Å². The van der Waals surface area contributed by atoms with E-state index in [0.29, 0.717) is 62.0 Å². The van der Waals surface area contributed by atoms with Crippen molar-refractivity contribution in [3.63, 3.8) is 0 Å². The maximum absolute atomic E-state index is 13.0. The van der Waals surface area contributed by atoms with E-state index < -0.39 is 6.10 Å². The number of amides is 1. The van der Waals surface area contributed by atoms with Crippen molar-refractivity contribution in [3.8, 4) is 5.75 Å². The molecule has 0 bridgehead atoms. The number of nitrogens with two attached hydrogens (primary N) is 1. The number of carbonyl (C=O) groups excluding carboxylic acids is 1. The lowest BCUT2D eigenvalue weighted by Gasteiger charge is -2.41. The average Bonchev–Trinajstić information content (AvgIpc) is 2.83. The van der Waals surface area contributed by atoms with Gasteiger partial charge in [0.25, 0.3) is 5.91 Å².